The number of carbonyl (C=O) groups is 1. The number of thiocarbonyl (C=S) groups is 1. The summed E-state index contributed by atoms with van der Waals surface area (Å²) in [6, 6.07) is 5.77. The van der Waals surface area contributed by atoms with Gasteiger partial charge in [0.15, 0.2) is 5.11 Å². The van der Waals surface area contributed by atoms with Gasteiger partial charge in [-0.15, -0.1) is 0 Å². The summed E-state index contributed by atoms with van der Waals surface area (Å²) < 4.78 is 5.32. The Hall–Kier alpha value is -1.50. The molecule has 0 radical (unpaired) electrons. The lowest BCUT2D eigenvalue weighted by molar-refractivity contribution is 0.0376. The van der Waals surface area contributed by atoms with Gasteiger partial charge in [0.1, 0.15) is 0 Å². The second-order valence-corrected chi connectivity index (χ2v) is 6.30. The zero-order chi connectivity index (χ0) is 16.7. The number of morpholine rings is 1. The maximum atomic E-state index is 12.2. The normalized spacial score (nSPS) is 15.2. The predicted octanol–water partition coefficient (Wildman–Crippen LogP) is 1.63. The highest BCUT2D eigenvalue weighted by molar-refractivity contribution is 7.80. The molecule has 1 aromatic carbocycles. The van der Waals surface area contributed by atoms with Crippen LogP contribution in [-0.4, -0.2) is 55.3 Å². The molecule has 1 fully saturated rings. The molecule has 126 valence electrons. The first-order chi connectivity index (χ1) is 11.0. The lowest BCUT2D eigenvalue weighted by Crippen LogP contribution is -2.41. The van der Waals surface area contributed by atoms with E-state index in [0.29, 0.717) is 10.7 Å². The van der Waals surface area contributed by atoms with Gasteiger partial charge >= 0.3 is 0 Å². The van der Waals surface area contributed by atoms with Gasteiger partial charge in [-0.05, 0) is 51.2 Å². The Morgan fingerprint density at radius 2 is 1.87 bits per heavy atom. The fraction of sp³-hybridized carbons (Fsp3) is 0.529. The Kier molecular flexibility index (Phi) is 6.95. The summed E-state index contributed by atoms with van der Waals surface area (Å²) in [6.07, 6.45) is 0.986. The smallest absolute Gasteiger partial charge is 0.257 e. The Bertz CT molecular complexity index is 537. The van der Waals surface area contributed by atoms with E-state index >= 15 is 0 Å². The monoisotopic (exact) mass is 335 g/mol. The van der Waals surface area contributed by atoms with E-state index in [2.05, 4.69) is 15.5 Å². The SMILES string of the molecule is Cc1cc(C)cc(C(=O)NC(=S)NCCCN2CCOCC2)c1. The summed E-state index contributed by atoms with van der Waals surface area (Å²) in [5.74, 6) is -0.164. The van der Waals surface area contributed by atoms with Crippen molar-refractivity contribution in [3.8, 4) is 0 Å². The third-order valence-electron chi connectivity index (χ3n) is 3.75. The number of nitrogens with one attached hydrogen (secondary N) is 2. The Balaban J connectivity index is 1.68. The molecule has 23 heavy (non-hydrogen) atoms. The molecule has 1 aromatic rings. The highest BCUT2D eigenvalue weighted by Crippen LogP contribution is 2.08. The van der Waals surface area contributed by atoms with Crippen molar-refractivity contribution in [2.24, 2.45) is 0 Å². The standard InChI is InChI=1S/C17H25N3O2S/c1-13-10-14(2)12-15(11-13)16(21)19-17(23)18-4-3-5-20-6-8-22-9-7-20/h10-12H,3-9H2,1-2H3,(H2,18,19,21,23). The van der Waals surface area contributed by atoms with Gasteiger partial charge < -0.3 is 10.1 Å². The van der Waals surface area contributed by atoms with E-state index in [1.165, 1.54) is 0 Å². The fourth-order valence-corrected chi connectivity index (χ4v) is 2.85. The highest BCUT2D eigenvalue weighted by atomic mass is 32.1. The summed E-state index contributed by atoms with van der Waals surface area (Å²) in [5, 5.41) is 6.22. The van der Waals surface area contributed by atoms with Gasteiger partial charge in [-0.2, -0.15) is 0 Å². The van der Waals surface area contributed by atoms with Crippen molar-refractivity contribution in [1.29, 1.82) is 0 Å². The summed E-state index contributed by atoms with van der Waals surface area (Å²) >= 11 is 5.19. The number of hydrogen-bond acceptors (Lipinski definition) is 4. The predicted molar refractivity (Wildman–Crippen MR) is 95.9 cm³/mol. The minimum absolute atomic E-state index is 0.164. The molecular weight excluding hydrogens is 310 g/mol. The largest absolute Gasteiger partial charge is 0.379 e. The summed E-state index contributed by atoms with van der Waals surface area (Å²) in [6.45, 7) is 9.35. The Labute approximate surface area is 143 Å². The quantitative estimate of drug-likeness (QED) is 0.633. The van der Waals surface area contributed by atoms with E-state index < -0.39 is 0 Å². The van der Waals surface area contributed by atoms with Crippen molar-refractivity contribution < 1.29 is 9.53 Å². The second kappa shape index (κ2) is 8.96. The van der Waals surface area contributed by atoms with Crippen molar-refractivity contribution >= 4 is 23.2 Å². The van der Waals surface area contributed by atoms with E-state index in [1.807, 2.05) is 32.0 Å². The molecule has 0 unspecified atom stereocenters. The molecule has 1 aliphatic rings. The molecule has 5 nitrogen and oxygen atoms in total. The van der Waals surface area contributed by atoms with Crippen LogP contribution in [0.3, 0.4) is 0 Å². The number of hydrogen-bond donors (Lipinski definition) is 2. The molecule has 0 saturated carbocycles. The molecule has 2 N–H and O–H groups in total. The molecule has 0 aromatic heterocycles. The minimum atomic E-state index is -0.164. The van der Waals surface area contributed by atoms with Crippen LogP contribution in [0.1, 0.15) is 27.9 Å². The van der Waals surface area contributed by atoms with E-state index in [9.17, 15) is 4.79 Å². The van der Waals surface area contributed by atoms with E-state index in [-0.39, 0.29) is 5.91 Å². The number of carbonyl (C=O) groups excluding carboxylic acids is 1. The lowest BCUT2D eigenvalue weighted by Gasteiger charge is -2.26. The molecule has 1 amide bonds. The number of benzene rings is 1. The van der Waals surface area contributed by atoms with Gasteiger partial charge in [0.2, 0.25) is 0 Å². The number of rotatable bonds is 5. The van der Waals surface area contributed by atoms with Crippen LogP contribution in [0.4, 0.5) is 0 Å². The van der Waals surface area contributed by atoms with Crippen molar-refractivity contribution in [3.05, 3.63) is 34.9 Å². The third kappa shape index (κ3) is 6.25. The first-order valence-corrected chi connectivity index (χ1v) is 8.43. The van der Waals surface area contributed by atoms with Crippen molar-refractivity contribution in [2.75, 3.05) is 39.4 Å². The second-order valence-electron chi connectivity index (χ2n) is 5.89. The Morgan fingerprint density at radius 1 is 1.22 bits per heavy atom. The average molecular weight is 335 g/mol. The topological polar surface area (TPSA) is 53.6 Å². The molecule has 0 aliphatic carbocycles. The number of ether oxygens (including phenoxy) is 1. The number of amides is 1. The molecular formula is C17H25N3O2S. The molecule has 0 spiro atoms. The first-order valence-electron chi connectivity index (χ1n) is 8.02. The maximum absolute atomic E-state index is 12.2. The van der Waals surface area contributed by atoms with Crippen LogP contribution in [-0.2, 0) is 4.74 Å². The molecule has 1 saturated heterocycles. The summed E-state index contributed by atoms with van der Waals surface area (Å²) in [7, 11) is 0. The Morgan fingerprint density at radius 3 is 2.52 bits per heavy atom. The van der Waals surface area contributed by atoms with Crippen molar-refractivity contribution in [1.82, 2.24) is 15.5 Å². The third-order valence-corrected chi connectivity index (χ3v) is 4.00. The van der Waals surface area contributed by atoms with Gasteiger partial charge in [-0.3, -0.25) is 15.0 Å². The van der Waals surface area contributed by atoms with E-state index in [1.54, 1.807) is 0 Å². The molecule has 0 bridgehead atoms. The molecule has 0 atom stereocenters. The molecule has 2 rings (SSSR count). The van der Waals surface area contributed by atoms with Crippen LogP contribution in [0, 0.1) is 13.8 Å². The number of aryl methyl sites for hydroxylation is 2. The van der Waals surface area contributed by atoms with Gasteiger partial charge in [0.05, 0.1) is 13.2 Å². The van der Waals surface area contributed by atoms with E-state index in [4.69, 9.17) is 17.0 Å². The zero-order valence-electron chi connectivity index (χ0n) is 13.9. The van der Waals surface area contributed by atoms with Crippen LogP contribution in [0.25, 0.3) is 0 Å². The average Bonchev–Trinajstić information content (AvgIpc) is 2.51. The van der Waals surface area contributed by atoms with Gasteiger partial charge in [-0.1, -0.05) is 17.2 Å². The highest BCUT2D eigenvalue weighted by Gasteiger charge is 2.10. The zero-order valence-corrected chi connectivity index (χ0v) is 14.7. The lowest BCUT2D eigenvalue weighted by atomic mass is 10.1. The van der Waals surface area contributed by atoms with Gasteiger partial charge in [-0.25, -0.2) is 0 Å². The fourth-order valence-electron chi connectivity index (χ4n) is 2.65. The van der Waals surface area contributed by atoms with Crippen LogP contribution in [0.5, 0.6) is 0 Å². The van der Waals surface area contributed by atoms with Crippen molar-refractivity contribution in [3.63, 3.8) is 0 Å². The van der Waals surface area contributed by atoms with Crippen LogP contribution >= 0.6 is 12.2 Å². The van der Waals surface area contributed by atoms with Crippen LogP contribution in [0.2, 0.25) is 0 Å². The van der Waals surface area contributed by atoms with Crippen molar-refractivity contribution in [2.45, 2.75) is 20.3 Å². The van der Waals surface area contributed by atoms with Gasteiger partial charge in [0.25, 0.3) is 5.91 Å². The molecule has 1 aliphatic heterocycles. The summed E-state index contributed by atoms with van der Waals surface area (Å²) in [4.78, 5) is 14.6. The minimum Gasteiger partial charge on any atom is -0.379 e. The van der Waals surface area contributed by atoms with Gasteiger partial charge in [0, 0.05) is 25.2 Å². The van der Waals surface area contributed by atoms with Crippen LogP contribution in [0.15, 0.2) is 18.2 Å². The van der Waals surface area contributed by atoms with Crippen LogP contribution < -0.4 is 10.6 Å². The molecule has 1 heterocycles. The number of nitrogens with zero attached hydrogens (tertiary/aromatic N) is 1. The first kappa shape index (κ1) is 17.8. The summed E-state index contributed by atoms with van der Waals surface area (Å²) in [5.41, 5.74) is 2.78. The maximum Gasteiger partial charge on any atom is 0.257 e. The molecule has 6 heteroatoms. The van der Waals surface area contributed by atoms with E-state index in [0.717, 1.165) is 56.9 Å².